The third kappa shape index (κ3) is 5.08. The second kappa shape index (κ2) is 9.01. The van der Waals surface area contributed by atoms with Crippen LogP contribution in [0.4, 0.5) is 0 Å². The minimum atomic E-state index is -0.696. The Kier molecular flexibility index (Phi) is 6.46. The van der Waals surface area contributed by atoms with Crippen LogP contribution in [0.2, 0.25) is 0 Å². The first-order valence-corrected chi connectivity index (χ1v) is 9.91. The van der Waals surface area contributed by atoms with Crippen LogP contribution in [0.25, 0.3) is 0 Å². The van der Waals surface area contributed by atoms with E-state index < -0.39 is 5.54 Å². The van der Waals surface area contributed by atoms with E-state index in [4.69, 9.17) is 0 Å². The number of rotatable bonds is 4. The fourth-order valence-electron chi connectivity index (χ4n) is 3.98. The summed E-state index contributed by atoms with van der Waals surface area (Å²) in [6, 6.07) is 11.7. The Hall–Kier alpha value is -2.39. The number of amides is 2. The molecular formula is C21H28N4O2. The average molecular weight is 368 g/mol. The summed E-state index contributed by atoms with van der Waals surface area (Å²) in [5.41, 5.74) is 0.00612. The van der Waals surface area contributed by atoms with Gasteiger partial charge in [-0.15, -0.1) is 0 Å². The Bertz CT molecular complexity index is 682. The van der Waals surface area contributed by atoms with Crippen LogP contribution in [-0.2, 0) is 4.79 Å². The molecule has 1 aromatic rings. The molecule has 1 aromatic carbocycles. The zero-order valence-electron chi connectivity index (χ0n) is 15.8. The molecule has 3 rings (SSSR count). The van der Waals surface area contributed by atoms with Crippen molar-refractivity contribution in [1.82, 2.24) is 15.1 Å². The molecule has 0 bridgehead atoms. The number of nitrogens with one attached hydrogen (secondary N) is 1. The number of carbonyl (C=O) groups is 2. The molecule has 1 N–H and O–H groups in total. The molecule has 1 saturated carbocycles. The van der Waals surface area contributed by atoms with Crippen LogP contribution in [0, 0.1) is 11.3 Å². The van der Waals surface area contributed by atoms with Gasteiger partial charge in [0, 0.05) is 31.7 Å². The lowest BCUT2D eigenvalue weighted by Gasteiger charge is -2.35. The van der Waals surface area contributed by atoms with Crippen molar-refractivity contribution < 1.29 is 9.59 Å². The zero-order chi connectivity index (χ0) is 19.1. The molecule has 1 aliphatic carbocycles. The fraction of sp³-hybridized carbons (Fsp3) is 0.571. The molecule has 0 aromatic heterocycles. The van der Waals surface area contributed by atoms with Crippen molar-refractivity contribution in [3.8, 4) is 6.07 Å². The maximum Gasteiger partial charge on any atom is 0.253 e. The number of nitrogens with zero attached hydrogens (tertiary/aromatic N) is 3. The molecule has 1 saturated heterocycles. The Labute approximate surface area is 161 Å². The lowest BCUT2D eigenvalue weighted by molar-refractivity contribution is -0.124. The Morgan fingerprint density at radius 1 is 1.00 bits per heavy atom. The van der Waals surface area contributed by atoms with Gasteiger partial charge in [-0.05, 0) is 25.0 Å². The summed E-state index contributed by atoms with van der Waals surface area (Å²) >= 11 is 0. The monoisotopic (exact) mass is 368 g/mol. The van der Waals surface area contributed by atoms with Gasteiger partial charge in [-0.3, -0.25) is 14.5 Å². The summed E-state index contributed by atoms with van der Waals surface area (Å²) < 4.78 is 0. The summed E-state index contributed by atoms with van der Waals surface area (Å²) in [5, 5.41) is 12.6. The van der Waals surface area contributed by atoms with Crippen LogP contribution in [-0.4, -0.2) is 59.9 Å². The molecule has 0 radical (unpaired) electrons. The van der Waals surface area contributed by atoms with Crippen LogP contribution < -0.4 is 5.32 Å². The molecule has 2 fully saturated rings. The molecule has 6 heteroatoms. The molecule has 2 aliphatic rings. The molecule has 27 heavy (non-hydrogen) atoms. The van der Waals surface area contributed by atoms with Crippen LogP contribution in [0.5, 0.6) is 0 Å². The fourth-order valence-corrected chi connectivity index (χ4v) is 3.98. The predicted molar refractivity (Wildman–Crippen MR) is 103 cm³/mol. The van der Waals surface area contributed by atoms with Crippen molar-refractivity contribution in [1.29, 1.82) is 5.26 Å². The van der Waals surface area contributed by atoms with Crippen molar-refractivity contribution >= 4 is 11.8 Å². The second-order valence-electron chi connectivity index (χ2n) is 7.59. The number of piperazine rings is 1. The standard InChI is InChI=1S/C21H28N4O2/c22-17-21(10-6-1-2-7-11-21)23-19(26)16-24-12-14-25(15-13-24)20(27)18-8-4-3-5-9-18/h3-5,8-9H,1-2,6-7,10-16H2,(H,23,26). The number of nitriles is 1. The second-order valence-corrected chi connectivity index (χ2v) is 7.59. The van der Waals surface area contributed by atoms with E-state index in [1.807, 2.05) is 35.2 Å². The molecule has 0 unspecified atom stereocenters. The summed E-state index contributed by atoms with van der Waals surface area (Å²) in [7, 11) is 0. The Morgan fingerprint density at radius 2 is 1.63 bits per heavy atom. The number of hydrogen-bond acceptors (Lipinski definition) is 4. The molecule has 1 aliphatic heterocycles. The van der Waals surface area contributed by atoms with Crippen molar-refractivity contribution in [2.24, 2.45) is 0 Å². The first-order valence-electron chi connectivity index (χ1n) is 9.91. The molecule has 6 nitrogen and oxygen atoms in total. The third-order valence-corrected chi connectivity index (χ3v) is 5.60. The van der Waals surface area contributed by atoms with E-state index in [9.17, 15) is 14.9 Å². The van der Waals surface area contributed by atoms with Gasteiger partial charge in [0.05, 0.1) is 12.6 Å². The van der Waals surface area contributed by atoms with Crippen molar-refractivity contribution in [2.45, 2.75) is 44.1 Å². The number of hydrogen-bond donors (Lipinski definition) is 1. The van der Waals surface area contributed by atoms with Gasteiger partial charge in [0.15, 0.2) is 0 Å². The van der Waals surface area contributed by atoms with Gasteiger partial charge in [0.25, 0.3) is 5.91 Å². The maximum atomic E-state index is 12.5. The highest BCUT2D eigenvalue weighted by molar-refractivity contribution is 5.94. The van der Waals surface area contributed by atoms with Gasteiger partial charge < -0.3 is 10.2 Å². The summed E-state index contributed by atoms with van der Waals surface area (Å²) in [6.45, 7) is 2.86. The van der Waals surface area contributed by atoms with Crippen LogP contribution in [0.15, 0.2) is 30.3 Å². The average Bonchev–Trinajstić information content (AvgIpc) is 2.94. The molecule has 0 atom stereocenters. The topological polar surface area (TPSA) is 76.4 Å². The predicted octanol–water partition coefficient (Wildman–Crippen LogP) is 2.18. The van der Waals surface area contributed by atoms with Crippen LogP contribution in [0.1, 0.15) is 48.9 Å². The zero-order valence-corrected chi connectivity index (χ0v) is 15.8. The normalized spacial score (nSPS) is 20.3. The SMILES string of the molecule is N#CC1(NC(=O)CN2CCN(C(=O)c3ccccc3)CC2)CCCCCC1. The molecule has 0 spiro atoms. The number of carbonyl (C=O) groups excluding carboxylic acids is 2. The minimum absolute atomic E-state index is 0.0431. The molecule has 2 amide bonds. The first-order chi connectivity index (χ1) is 13.1. The first kappa shape index (κ1) is 19.4. The van der Waals surface area contributed by atoms with E-state index in [-0.39, 0.29) is 18.4 Å². The van der Waals surface area contributed by atoms with Gasteiger partial charge in [-0.2, -0.15) is 5.26 Å². The lowest BCUT2D eigenvalue weighted by Crippen LogP contribution is -2.54. The van der Waals surface area contributed by atoms with Crippen LogP contribution >= 0.6 is 0 Å². The van der Waals surface area contributed by atoms with E-state index >= 15 is 0 Å². The Balaban J connectivity index is 1.48. The molecular weight excluding hydrogens is 340 g/mol. The summed E-state index contributed by atoms with van der Waals surface area (Å²) in [6.07, 6.45) is 5.75. The largest absolute Gasteiger partial charge is 0.337 e. The van der Waals surface area contributed by atoms with Crippen molar-refractivity contribution in [3.63, 3.8) is 0 Å². The highest BCUT2D eigenvalue weighted by Gasteiger charge is 2.33. The lowest BCUT2D eigenvalue weighted by atomic mass is 9.92. The summed E-state index contributed by atoms with van der Waals surface area (Å²) in [4.78, 5) is 28.9. The quantitative estimate of drug-likeness (QED) is 0.827. The highest BCUT2D eigenvalue weighted by atomic mass is 16.2. The van der Waals surface area contributed by atoms with Crippen molar-refractivity contribution in [2.75, 3.05) is 32.7 Å². The molecule has 144 valence electrons. The number of benzene rings is 1. The van der Waals surface area contributed by atoms with E-state index in [2.05, 4.69) is 16.3 Å². The van der Waals surface area contributed by atoms with Gasteiger partial charge in [-0.25, -0.2) is 0 Å². The highest BCUT2D eigenvalue weighted by Crippen LogP contribution is 2.26. The minimum Gasteiger partial charge on any atom is -0.337 e. The van der Waals surface area contributed by atoms with Gasteiger partial charge in [-0.1, -0.05) is 43.9 Å². The van der Waals surface area contributed by atoms with E-state index in [1.165, 1.54) is 0 Å². The van der Waals surface area contributed by atoms with E-state index in [0.717, 1.165) is 38.5 Å². The maximum absolute atomic E-state index is 12.5. The summed E-state index contributed by atoms with van der Waals surface area (Å²) in [5.74, 6) is -0.0390. The van der Waals surface area contributed by atoms with Gasteiger partial charge >= 0.3 is 0 Å². The van der Waals surface area contributed by atoms with Crippen LogP contribution in [0.3, 0.4) is 0 Å². The van der Waals surface area contributed by atoms with Gasteiger partial charge in [0.2, 0.25) is 5.91 Å². The third-order valence-electron chi connectivity index (χ3n) is 5.60. The van der Waals surface area contributed by atoms with Crippen molar-refractivity contribution in [3.05, 3.63) is 35.9 Å². The van der Waals surface area contributed by atoms with E-state index in [1.54, 1.807) is 0 Å². The van der Waals surface area contributed by atoms with E-state index in [0.29, 0.717) is 31.7 Å². The molecule has 1 heterocycles. The Morgan fingerprint density at radius 3 is 2.22 bits per heavy atom. The smallest absolute Gasteiger partial charge is 0.253 e. The van der Waals surface area contributed by atoms with Gasteiger partial charge in [0.1, 0.15) is 5.54 Å².